The molecule has 0 saturated carbocycles. The van der Waals surface area contributed by atoms with Crippen molar-refractivity contribution in [3.63, 3.8) is 0 Å². The third-order valence-electron chi connectivity index (χ3n) is 2.52. The molecule has 2 aromatic heterocycles. The molecule has 0 aliphatic heterocycles. The lowest BCUT2D eigenvalue weighted by Crippen LogP contribution is -2.32. The highest BCUT2D eigenvalue weighted by molar-refractivity contribution is 7.13. The van der Waals surface area contributed by atoms with Crippen LogP contribution in [0.5, 0.6) is 5.88 Å². The van der Waals surface area contributed by atoms with Crippen LogP contribution in [-0.4, -0.2) is 28.9 Å². The maximum atomic E-state index is 10.9. The molecule has 0 aliphatic rings. The van der Waals surface area contributed by atoms with E-state index in [0.717, 1.165) is 4.88 Å². The summed E-state index contributed by atoms with van der Waals surface area (Å²) in [5, 5.41) is 14.6. The molecule has 0 unspecified atom stereocenters. The van der Waals surface area contributed by atoms with Gasteiger partial charge in [0.25, 0.3) is 5.88 Å². The Kier molecular flexibility index (Phi) is 4.18. The fourth-order valence-corrected chi connectivity index (χ4v) is 2.36. The Morgan fingerprint density at radius 3 is 3.05 bits per heavy atom. The van der Waals surface area contributed by atoms with Crippen molar-refractivity contribution in [3.8, 4) is 16.5 Å². The number of thiophene rings is 1. The molecule has 2 aromatic rings. The number of aliphatic carboxylic acids is 1. The molecule has 0 amide bonds. The molecule has 0 fully saturated rings. The summed E-state index contributed by atoms with van der Waals surface area (Å²) in [7, 11) is 0. The van der Waals surface area contributed by atoms with Gasteiger partial charge in [-0.2, -0.15) is 0 Å². The highest BCUT2D eigenvalue weighted by Crippen LogP contribution is 2.34. The van der Waals surface area contributed by atoms with Crippen molar-refractivity contribution in [3.05, 3.63) is 23.1 Å². The molecule has 0 aliphatic carbocycles. The zero-order chi connectivity index (χ0) is 13.8. The van der Waals surface area contributed by atoms with Gasteiger partial charge in [-0.25, -0.2) is 0 Å². The summed E-state index contributed by atoms with van der Waals surface area (Å²) in [6, 6.07) is 2.73. The van der Waals surface area contributed by atoms with Gasteiger partial charge in [0.15, 0.2) is 5.76 Å². The van der Waals surface area contributed by atoms with Gasteiger partial charge in [0.2, 0.25) is 0 Å². The highest BCUT2D eigenvalue weighted by atomic mass is 32.1. The van der Waals surface area contributed by atoms with Crippen LogP contribution in [-0.2, 0) is 11.2 Å². The van der Waals surface area contributed by atoms with Crippen molar-refractivity contribution >= 4 is 17.3 Å². The second-order valence-electron chi connectivity index (χ2n) is 3.85. The summed E-state index contributed by atoms with van der Waals surface area (Å²) in [4.78, 5) is 11.7. The van der Waals surface area contributed by atoms with E-state index >= 15 is 0 Å². The summed E-state index contributed by atoms with van der Waals surface area (Å²) in [6.07, 6.45) is 0.112. The van der Waals surface area contributed by atoms with Gasteiger partial charge in [-0.1, -0.05) is 6.07 Å². The largest absolute Gasteiger partial charge is 0.480 e. The van der Waals surface area contributed by atoms with Crippen molar-refractivity contribution in [2.24, 2.45) is 5.73 Å². The van der Waals surface area contributed by atoms with E-state index in [2.05, 4.69) is 5.16 Å². The lowest BCUT2D eigenvalue weighted by Gasteiger charge is -2.07. The van der Waals surface area contributed by atoms with Gasteiger partial charge in [0.1, 0.15) is 6.04 Å². The Hall–Kier alpha value is -1.86. The van der Waals surface area contributed by atoms with Gasteiger partial charge in [0.05, 0.1) is 17.0 Å². The van der Waals surface area contributed by atoms with E-state index < -0.39 is 12.0 Å². The van der Waals surface area contributed by atoms with Crippen LogP contribution in [0.3, 0.4) is 0 Å². The molecule has 6 nitrogen and oxygen atoms in total. The van der Waals surface area contributed by atoms with Gasteiger partial charge in [-0.3, -0.25) is 4.79 Å². The Balaban J connectivity index is 2.36. The molecule has 2 heterocycles. The maximum Gasteiger partial charge on any atom is 0.320 e. The van der Waals surface area contributed by atoms with Crippen LogP contribution >= 0.6 is 11.3 Å². The smallest absolute Gasteiger partial charge is 0.320 e. The number of hydrogen-bond acceptors (Lipinski definition) is 6. The predicted octanol–water partition coefficient (Wildman–Crippen LogP) is 1.76. The van der Waals surface area contributed by atoms with Crippen molar-refractivity contribution in [2.75, 3.05) is 6.61 Å². The molecule has 0 spiro atoms. The standard InChI is InChI=1S/C12H14N2O4S/c1-2-17-11-7(6-8(13)12(15)16)10(18-14-11)9-4-3-5-19-9/h3-5,8H,2,6,13H2,1H3,(H,15,16)/t8-/m0/s1. The molecule has 1 atom stereocenters. The number of rotatable bonds is 6. The fourth-order valence-electron chi connectivity index (χ4n) is 1.63. The minimum Gasteiger partial charge on any atom is -0.480 e. The highest BCUT2D eigenvalue weighted by Gasteiger charge is 2.24. The van der Waals surface area contributed by atoms with Gasteiger partial charge in [-0.15, -0.1) is 11.3 Å². The summed E-state index contributed by atoms with van der Waals surface area (Å²) >= 11 is 1.48. The molecule has 0 saturated heterocycles. The molecule has 102 valence electrons. The predicted molar refractivity (Wildman–Crippen MR) is 70.3 cm³/mol. The number of carboxylic acids is 1. The van der Waals surface area contributed by atoms with Crippen LogP contribution in [0.4, 0.5) is 0 Å². The van der Waals surface area contributed by atoms with E-state index in [9.17, 15) is 4.79 Å². The lowest BCUT2D eigenvalue weighted by atomic mass is 10.1. The van der Waals surface area contributed by atoms with Gasteiger partial charge in [-0.05, 0) is 23.5 Å². The van der Waals surface area contributed by atoms with E-state index in [1.54, 1.807) is 0 Å². The molecular weight excluding hydrogens is 268 g/mol. The van der Waals surface area contributed by atoms with Crippen molar-refractivity contribution in [1.29, 1.82) is 0 Å². The third kappa shape index (κ3) is 2.94. The van der Waals surface area contributed by atoms with Crippen LogP contribution < -0.4 is 10.5 Å². The number of nitrogens with zero attached hydrogens (tertiary/aromatic N) is 1. The van der Waals surface area contributed by atoms with Crippen molar-refractivity contribution < 1.29 is 19.2 Å². The normalized spacial score (nSPS) is 12.3. The van der Waals surface area contributed by atoms with E-state index in [1.807, 2.05) is 24.4 Å². The summed E-state index contributed by atoms with van der Waals surface area (Å²) in [5.74, 6) is -0.237. The first-order valence-electron chi connectivity index (χ1n) is 5.77. The van der Waals surface area contributed by atoms with Crippen LogP contribution in [0.1, 0.15) is 12.5 Å². The number of aromatic nitrogens is 1. The lowest BCUT2D eigenvalue weighted by molar-refractivity contribution is -0.138. The summed E-state index contributed by atoms with van der Waals surface area (Å²) in [5.41, 5.74) is 6.17. The second kappa shape index (κ2) is 5.85. The number of hydrogen-bond donors (Lipinski definition) is 2. The quantitative estimate of drug-likeness (QED) is 0.837. The zero-order valence-electron chi connectivity index (χ0n) is 10.3. The molecule has 0 aromatic carbocycles. The molecule has 0 bridgehead atoms. The van der Waals surface area contributed by atoms with Crippen molar-refractivity contribution in [2.45, 2.75) is 19.4 Å². The average Bonchev–Trinajstić information content (AvgIpc) is 3.00. The minimum atomic E-state index is -1.07. The minimum absolute atomic E-state index is 0.112. The first-order chi connectivity index (χ1) is 9.13. The van der Waals surface area contributed by atoms with Crippen LogP contribution in [0.15, 0.2) is 22.0 Å². The molecule has 19 heavy (non-hydrogen) atoms. The van der Waals surface area contributed by atoms with Crippen LogP contribution in [0, 0.1) is 0 Å². The van der Waals surface area contributed by atoms with Gasteiger partial charge < -0.3 is 20.1 Å². The first kappa shape index (κ1) is 13.6. The fraction of sp³-hybridized carbons (Fsp3) is 0.333. The third-order valence-corrected chi connectivity index (χ3v) is 3.39. The average molecular weight is 282 g/mol. The van der Waals surface area contributed by atoms with Crippen molar-refractivity contribution in [1.82, 2.24) is 5.16 Å². The molecule has 3 N–H and O–H groups in total. The van der Waals surface area contributed by atoms with Crippen LogP contribution in [0.25, 0.3) is 10.6 Å². The Labute approximate surface area is 113 Å². The zero-order valence-corrected chi connectivity index (χ0v) is 11.1. The molecule has 0 radical (unpaired) electrons. The molecule has 2 rings (SSSR count). The summed E-state index contributed by atoms with van der Waals surface area (Å²) in [6.45, 7) is 2.24. The van der Waals surface area contributed by atoms with Gasteiger partial charge in [0, 0.05) is 6.42 Å². The van der Waals surface area contributed by atoms with E-state index in [1.165, 1.54) is 11.3 Å². The first-order valence-corrected chi connectivity index (χ1v) is 6.65. The molecule has 7 heteroatoms. The maximum absolute atomic E-state index is 10.9. The Morgan fingerprint density at radius 2 is 2.47 bits per heavy atom. The molecular formula is C12H14N2O4S. The van der Waals surface area contributed by atoms with Gasteiger partial charge >= 0.3 is 5.97 Å². The number of nitrogens with two attached hydrogens (primary N) is 1. The number of carbonyl (C=O) groups is 1. The SMILES string of the molecule is CCOc1noc(-c2cccs2)c1C[C@H](N)C(=O)O. The number of carboxylic acid groups (broad SMARTS) is 1. The second-order valence-corrected chi connectivity index (χ2v) is 4.80. The van der Waals surface area contributed by atoms with E-state index in [0.29, 0.717) is 23.8 Å². The number of ether oxygens (including phenoxy) is 1. The monoisotopic (exact) mass is 282 g/mol. The Bertz CT molecular complexity index is 550. The van der Waals surface area contributed by atoms with E-state index in [-0.39, 0.29) is 6.42 Å². The Morgan fingerprint density at radius 1 is 1.68 bits per heavy atom. The van der Waals surface area contributed by atoms with E-state index in [4.69, 9.17) is 20.1 Å². The summed E-state index contributed by atoms with van der Waals surface area (Å²) < 4.78 is 10.6. The topological polar surface area (TPSA) is 98.6 Å². The van der Waals surface area contributed by atoms with Crippen LogP contribution in [0.2, 0.25) is 0 Å².